The monoisotopic (exact) mass is 333 g/mol. The van der Waals surface area contributed by atoms with Gasteiger partial charge in [-0.3, -0.25) is 4.79 Å². The predicted octanol–water partition coefficient (Wildman–Crippen LogP) is 3.74. The van der Waals surface area contributed by atoms with Crippen LogP contribution < -0.4 is 10.2 Å². The quantitative estimate of drug-likeness (QED) is 0.747. The van der Waals surface area contributed by atoms with E-state index in [1.807, 2.05) is 30.5 Å². The Morgan fingerprint density at radius 2 is 1.80 bits per heavy atom. The molecule has 4 rings (SSSR count). The van der Waals surface area contributed by atoms with Crippen LogP contribution in [0.15, 0.2) is 54.7 Å². The minimum atomic E-state index is -0.00665. The zero-order chi connectivity index (χ0) is 17.1. The molecule has 0 spiro atoms. The van der Waals surface area contributed by atoms with Crippen LogP contribution in [-0.2, 0) is 6.42 Å². The SMILES string of the molecule is O=C(NCCc1c[nH]c2ccccc12)c1ccc(N2CCCC2)cc1. The average molecular weight is 333 g/mol. The molecule has 4 heteroatoms. The molecule has 0 atom stereocenters. The van der Waals surface area contributed by atoms with E-state index in [1.165, 1.54) is 29.5 Å². The molecule has 2 N–H and O–H groups in total. The van der Waals surface area contributed by atoms with Crippen LogP contribution in [-0.4, -0.2) is 30.5 Å². The van der Waals surface area contributed by atoms with Crippen LogP contribution in [0.25, 0.3) is 10.9 Å². The van der Waals surface area contributed by atoms with Crippen molar-refractivity contribution in [3.05, 3.63) is 65.9 Å². The number of hydrogen-bond acceptors (Lipinski definition) is 2. The van der Waals surface area contributed by atoms with Gasteiger partial charge in [-0.25, -0.2) is 0 Å². The largest absolute Gasteiger partial charge is 0.372 e. The Kier molecular flexibility index (Phi) is 4.42. The fourth-order valence-corrected chi connectivity index (χ4v) is 3.55. The highest BCUT2D eigenvalue weighted by atomic mass is 16.1. The molecule has 0 unspecified atom stereocenters. The van der Waals surface area contributed by atoms with Crippen molar-refractivity contribution in [3.63, 3.8) is 0 Å². The topological polar surface area (TPSA) is 48.1 Å². The van der Waals surface area contributed by atoms with Crippen LogP contribution in [0.5, 0.6) is 0 Å². The summed E-state index contributed by atoms with van der Waals surface area (Å²) < 4.78 is 0. The highest BCUT2D eigenvalue weighted by Crippen LogP contribution is 2.20. The van der Waals surface area contributed by atoms with Crippen molar-refractivity contribution in [1.82, 2.24) is 10.3 Å². The molecule has 0 bridgehead atoms. The number of hydrogen-bond donors (Lipinski definition) is 2. The van der Waals surface area contributed by atoms with Crippen LogP contribution >= 0.6 is 0 Å². The Labute approximate surface area is 147 Å². The number of amides is 1. The maximum Gasteiger partial charge on any atom is 0.251 e. The summed E-state index contributed by atoms with van der Waals surface area (Å²) in [5.74, 6) is -0.00665. The first-order valence-corrected chi connectivity index (χ1v) is 8.99. The molecule has 1 aliphatic rings. The maximum absolute atomic E-state index is 12.3. The summed E-state index contributed by atoms with van der Waals surface area (Å²) in [5.41, 5.74) is 4.32. The third-order valence-electron chi connectivity index (χ3n) is 4.96. The molecule has 3 aromatic rings. The molecule has 2 aromatic carbocycles. The van der Waals surface area contributed by atoms with Gasteiger partial charge < -0.3 is 15.2 Å². The molecular formula is C21H23N3O. The van der Waals surface area contributed by atoms with Gasteiger partial charge in [-0.05, 0) is 55.2 Å². The number of para-hydroxylation sites is 1. The second kappa shape index (κ2) is 7.01. The molecular weight excluding hydrogens is 310 g/mol. The first-order chi connectivity index (χ1) is 12.3. The first-order valence-electron chi connectivity index (χ1n) is 8.99. The number of benzene rings is 2. The summed E-state index contributed by atoms with van der Waals surface area (Å²) in [6.07, 6.45) is 5.37. The average Bonchev–Trinajstić information content (AvgIpc) is 3.32. The summed E-state index contributed by atoms with van der Waals surface area (Å²) >= 11 is 0. The summed E-state index contributed by atoms with van der Waals surface area (Å²) in [6, 6.07) is 16.2. The molecule has 128 valence electrons. The van der Waals surface area contributed by atoms with Crippen molar-refractivity contribution < 1.29 is 4.79 Å². The van der Waals surface area contributed by atoms with E-state index in [9.17, 15) is 4.79 Å². The van der Waals surface area contributed by atoms with Crippen molar-refractivity contribution in [1.29, 1.82) is 0 Å². The Balaban J connectivity index is 1.34. The van der Waals surface area contributed by atoms with Gasteiger partial charge in [0.1, 0.15) is 0 Å². The lowest BCUT2D eigenvalue weighted by molar-refractivity contribution is 0.0954. The number of carbonyl (C=O) groups is 1. The summed E-state index contributed by atoms with van der Waals surface area (Å²) in [5, 5.41) is 4.25. The van der Waals surface area contributed by atoms with E-state index in [4.69, 9.17) is 0 Å². The smallest absolute Gasteiger partial charge is 0.251 e. The molecule has 1 aliphatic heterocycles. The summed E-state index contributed by atoms with van der Waals surface area (Å²) in [6.45, 7) is 2.88. The highest BCUT2D eigenvalue weighted by molar-refractivity contribution is 5.94. The number of rotatable bonds is 5. The zero-order valence-corrected chi connectivity index (χ0v) is 14.3. The van der Waals surface area contributed by atoms with Crippen molar-refractivity contribution in [2.75, 3.05) is 24.5 Å². The van der Waals surface area contributed by atoms with E-state index in [1.54, 1.807) is 0 Å². The standard InChI is InChI=1S/C21H23N3O/c25-21(16-7-9-18(10-8-16)24-13-3-4-14-24)22-12-11-17-15-23-20-6-2-1-5-19(17)20/h1-2,5-10,15,23H,3-4,11-14H2,(H,22,25). The molecule has 1 amide bonds. The van der Waals surface area contributed by atoms with Crippen molar-refractivity contribution >= 4 is 22.5 Å². The maximum atomic E-state index is 12.3. The third kappa shape index (κ3) is 3.38. The third-order valence-corrected chi connectivity index (χ3v) is 4.96. The van der Waals surface area contributed by atoms with Crippen LogP contribution in [0.3, 0.4) is 0 Å². The molecule has 2 heterocycles. The number of aromatic amines is 1. The zero-order valence-electron chi connectivity index (χ0n) is 14.3. The van der Waals surface area contributed by atoms with Gasteiger partial charge in [0, 0.05) is 48.0 Å². The van der Waals surface area contributed by atoms with Crippen LogP contribution in [0.1, 0.15) is 28.8 Å². The molecule has 1 fully saturated rings. The Bertz CT molecular complexity index is 860. The Morgan fingerprint density at radius 3 is 2.60 bits per heavy atom. The van der Waals surface area contributed by atoms with Crippen LogP contribution in [0.2, 0.25) is 0 Å². The first kappa shape index (κ1) is 15.8. The van der Waals surface area contributed by atoms with Crippen molar-refractivity contribution in [2.24, 2.45) is 0 Å². The lowest BCUT2D eigenvalue weighted by atomic mass is 10.1. The normalized spacial score (nSPS) is 14.2. The van der Waals surface area contributed by atoms with Gasteiger partial charge in [0.25, 0.3) is 5.91 Å². The molecule has 1 aromatic heterocycles. The van der Waals surface area contributed by atoms with Crippen molar-refractivity contribution in [3.8, 4) is 0 Å². The van der Waals surface area contributed by atoms with E-state index in [-0.39, 0.29) is 5.91 Å². The number of aromatic nitrogens is 1. The van der Waals surface area contributed by atoms with Gasteiger partial charge in [-0.2, -0.15) is 0 Å². The lowest BCUT2D eigenvalue weighted by Gasteiger charge is -2.17. The number of fused-ring (bicyclic) bond motifs is 1. The summed E-state index contributed by atoms with van der Waals surface area (Å²) in [4.78, 5) is 18.0. The van der Waals surface area contributed by atoms with Crippen molar-refractivity contribution in [2.45, 2.75) is 19.3 Å². The number of anilines is 1. The molecule has 4 nitrogen and oxygen atoms in total. The predicted molar refractivity (Wildman–Crippen MR) is 102 cm³/mol. The number of nitrogens with one attached hydrogen (secondary N) is 2. The van der Waals surface area contributed by atoms with Gasteiger partial charge in [-0.15, -0.1) is 0 Å². The molecule has 1 saturated heterocycles. The number of carbonyl (C=O) groups excluding carboxylic acids is 1. The van der Waals surface area contributed by atoms with Crippen LogP contribution in [0.4, 0.5) is 5.69 Å². The molecule has 25 heavy (non-hydrogen) atoms. The summed E-state index contributed by atoms with van der Waals surface area (Å²) in [7, 11) is 0. The minimum absolute atomic E-state index is 0.00665. The fraction of sp³-hybridized carbons (Fsp3) is 0.286. The van der Waals surface area contributed by atoms with Gasteiger partial charge in [0.15, 0.2) is 0 Å². The van der Waals surface area contributed by atoms with E-state index in [2.05, 4.69) is 39.5 Å². The van der Waals surface area contributed by atoms with E-state index in [0.29, 0.717) is 6.54 Å². The Morgan fingerprint density at radius 1 is 1.04 bits per heavy atom. The lowest BCUT2D eigenvalue weighted by Crippen LogP contribution is -2.25. The second-order valence-corrected chi connectivity index (χ2v) is 6.61. The number of nitrogens with zero attached hydrogens (tertiary/aromatic N) is 1. The number of H-pyrrole nitrogens is 1. The Hall–Kier alpha value is -2.75. The van der Waals surface area contributed by atoms with Gasteiger partial charge in [-0.1, -0.05) is 18.2 Å². The second-order valence-electron chi connectivity index (χ2n) is 6.61. The van der Waals surface area contributed by atoms with Gasteiger partial charge in [0.2, 0.25) is 0 Å². The fourth-order valence-electron chi connectivity index (χ4n) is 3.55. The van der Waals surface area contributed by atoms with E-state index >= 15 is 0 Å². The van der Waals surface area contributed by atoms with Crippen LogP contribution in [0, 0.1) is 0 Å². The van der Waals surface area contributed by atoms with E-state index in [0.717, 1.165) is 30.6 Å². The molecule has 0 radical (unpaired) electrons. The van der Waals surface area contributed by atoms with E-state index < -0.39 is 0 Å². The van der Waals surface area contributed by atoms with Gasteiger partial charge >= 0.3 is 0 Å². The molecule has 0 aliphatic carbocycles. The van der Waals surface area contributed by atoms with Gasteiger partial charge in [0.05, 0.1) is 0 Å². The molecule has 0 saturated carbocycles. The highest BCUT2D eigenvalue weighted by Gasteiger charge is 2.13. The minimum Gasteiger partial charge on any atom is -0.372 e.